The SMILES string of the molecule is CCCCC(CNCCNC(=O)OCCO)Cc1ccccc1. The molecule has 0 bridgehead atoms. The van der Waals surface area contributed by atoms with Crippen molar-refractivity contribution in [3.05, 3.63) is 35.9 Å². The molecule has 5 heteroatoms. The predicted molar refractivity (Wildman–Crippen MR) is 92.5 cm³/mol. The number of amides is 1. The first kappa shape index (κ1) is 19.5. The van der Waals surface area contributed by atoms with Gasteiger partial charge in [0.15, 0.2) is 0 Å². The molecular weight excluding hydrogens is 292 g/mol. The molecule has 1 aromatic carbocycles. The summed E-state index contributed by atoms with van der Waals surface area (Å²) in [5, 5.41) is 14.6. The molecule has 0 radical (unpaired) electrons. The molecular formula is C18H30N2O3. The molecule has 0 saturated heterocycles. The Labute approximate surface area is 139 Å². The third-order valence-corrected chi connectivity index (χ3v) is 3.66. The fourth-order valence-electron chi connectivity index (χ4n) is 2.47. The maximum absolute atomic E-state index is 11.2. The van der Waals surface area contributed by atoms with Crippen molar-refractivity contribution < 1.29 is 14.6 Å². The fraction of sp³-hybridized carbons (Fsp3) is 0.611. The zero-order valence-electron chi connectivity index (χ0n) is 14.1. The van der Waals surface area contributed by atoms with Gasteiger partial charge in [0.2, 0.25) is 0 Å². The number of aliphatic hydroxyl groups excluding tert-OH is 1. The number of hydrogen-bond donors (Lipinski definition) is 3. The number of hydrogen-bond acceptors (Lipinski definition) is 4. The van der Waals surface area contributed by atoms with Crippen molar-refractivity contribution in [3.8, 4) is 0 Å². The topological polar surface area (TPSA) is 70.6 Å². The van der Waals surface area contributed by atoms with E-state index in [1.54, 1.807) is 0 Å². The second kappa shape index (κ2) is 12.9. The first-order valence-electron chi connectivity index (χ1n) is 8.52. The lowest BCUT2D eigenvalue weighted by Gasteiger charge is -2.18. The molecule has 1 aromatic rings. The van der Waals surface area contributed by atoms with Crippen LogP contribution in [0, 0.1) is 5.92 Å². The van der Waals surface area contributed by atoms with Crippen LogP contribution < -0.4 is 10.6 Å². The third-order valence-electron chi connectivity index (χ3n) is 3.66. The number of unbranched alkanes of at least 4 members (excludes halogenated alkanes) is 1. The van der Waals surface area contributed by atoms with E-state index >= 15 is 0 Å². The number of ether oxygens (including phenoxy) is 1. The Hall–Kier alpha value is -1.59. The normalized spacial score (nSPS) is 11.9. The van der Waals surface area contributed by atoms with Gasteiger partial charge in [-0.3, -0.25) is 0 Å². The molecule has 0 heterocycles. The summed E-state index contributed by atoms with van der Waals surface area (Å²) < 4.78 is 4.72. The molecule has 0 aromatic heterocycles. The van der Waals surface area contributed by atoms with Crippen LogP contribution in [0.4, 0.5) is 4.79 Å². The first-order valence-corrected chi connectivity index (χ1v) is 8.52. The summed E-state index contributed by atoms with van der Waals surface area (Å²) in [6.07, 6.45) is 4.27. The first-order chi connectivity index (χ1) is 11.3. The Morgan fingerprint density at radius 1 is 1.26 bits per heavy atom. The quantitative estimate of drug-likeness (QED) is 0.517. The van der Waals surface area contributed by atoms with Crippen molar-refractivity contribution in [1.82, 2.24) is 10.6 Å². The van der Waals surface area contributed by atoms with Crippen LogP contribution in [-0.4, -0.2) is 44.0 Å². The second-order valence-corrected chi connectivity index (χ2v) is 5.69. The Balaban J connectivity index is 2.22. The second-order valence-electron chi connectivity index (χ2n) is 5.69. The monoisotopic (exact) mass is 322 g/mol. The molecule has 1 amide bonds. The Morgan fingerprint density at radius 3 is 2.74 bits per heavy atom. The number of nitrogens with one attached hydrogen (secondary N) is 2. The number of benzene rings is 1. The fourth-order valence-corrected chi connectivity index (χ4v) is 2.47. The summed E-state index contributed by atoms with van der Waals surface area (Å²) in [6, 6.07) is 10.6. The Bertz CT molecular complexity index is 412. The van der Waals surface area contributed by atoms with Crippen LogP contribution in [-0.2, 0) is 11.2 Å². The van der Waals surface area contributed by atoms with E-state index in [9.17, 15) is 4.79 Å². The van der Waals surface area contributed by atoms with Crippen LogP contribution in [0.2, 0.25) is 0 Å². The van der Waals surface area contributed by atoms with Crippen molar-refractivity contribution in [2.75, 3.05) is 32.8 Å². The average Bonchev–Trinajstić information content (AvgIpc) is 2.58. The van der Waals surface area contributed by atoms with E-state index in [-0.39, 0.29) is 13.2 Å². The molecule has 130 valence electrons. The lowest BCUT2D eigenvalue weighted by molar-refractivity contribution is 0.119. The van der Waals surface area contributed by atoms with Crippen LogP contribution >= 0.6 is 0 Å². The van der Waals surface area contributed by atoms with Crippen molar-refractivity contribution in [2.45, 2.75) is 32.6 Å². The van der Waals surface area contributed by atoms with Crippen LogP contribution in [0.1, 0.15) is 31.7 Å². The molecule has 0 saturated carbocycles. The van der Waals surface area contributed by atoms with E-state index < -0.39 is 6.09 Å². The highest BCUT2D eigenvalue weighted by Gasteiger charge is 2.09. The summed E-state index contributed by atoms with van der Waals surface area (Å²) in [4.78, 5) is 11.2. The van der Waals surface area contributed by atoms with Crippen molar-refractivity contribution in [2.24, 2.45) is 5.92 Å². The summed E-state index contributed by atoms with van der Waals surface area (Å²) in [7, 11) is 0. The summed E-state index contributed by atoms with van der Waals surface area (Å²) in [5.74, 6) is 0.610. The molecule has 0 fully saturated rings. The lowest BCUT2D eigenvalue weighted by atomic mass is 9.94. The molecule has 0 aliphatic heterocycles. The van der Waals surface area contributed by atoms with Gasteiger partial charge in [-0.05, 0) is 30.9 Å². The zero-order chi connectivity index (χ0) is 16.8. The summed E-state index contributed by atoms with van der Waals surface area (Å²) in [5.41, 5.74) is 1.38. The smallest absolute Gasteiger partial charge is 0.407 e. The minimum Gasteiger partial charge on any atom is -0.447 e. The van der Waals surface area contributed by atoms with Crippen LogP contribution in [0.3, 0.4) is 0 Å². The highest BCUT2D eigenvalue weighted by Crippen LogP contribution is 2.14. The van der Waals surface area contributed by atoms with E-state index in [0.717, 1.165) is 13.0 Å². The Morgan fingerprint density at radius 2 is 2.04 bits per heavy atom. The third kappa shape index (κ3) is 9.92. The Kier molecular flexibility index (Phi) is 10.9. The van der Waals surface area contributed by atoms with E-state index in [1.807, 2.05) is 6.07 Å². The van der Waals surface area contributed by atoms with Gasteiger partial charge >= 0.3 is 6.09 Å². The van der Waals surface area contributed by atoms with Crippen molar-refractivity contribution in [3.63, 3.8) is 0 Å². The van der Waals surface area contributed by atoms with Crippen molar-refractivity contribution >= 4 is 6.09 Å². The van der Waals surface area contributed by atoms with E-state index in [4.69, 9.17) is 9.84 Å². The zero-order valence-corrected chi connectivity index (χ0v) is 14.1. The molecule has 0 aliphatic rings. The van der Waals surface area contributed by atoms with Gasteiger partial charge in [0.05, 0.1) is 6.61 Å². The highest BCUT2D eigenvalue weighted by molar-refractivity contribution is 5.67. The van der Waals surface area contributed by atoms with Gasteiger partial charge in [0, 0.05) is 13.1 Å². The van der Waals surface area contributed by atoms with Gasteiger partial charge in [-0.2, -0.15) is 0 Å². The molecule has 1 unspecified atom stereocenters. The molecule has 23 heavy (non-hydrogen) atoms. The van der Waals surface area contributed by atoms with E-state index in [1.165, 1.54) is 24.8 Å². The maximum atomic E-state index is 11.2. The van der Waals surface area contributed by atoms with Gasteiger partial charge in [0.1, 0.15) is 6.61 Å². The summed E-state index contributed by atoms with van der Waals surface area (Å²) in [6.45, 7) is 4.29. The maximum Gasteiger partial charge on any atom is 0.407 e. The molecule has 0 aliphatic carbocycles. The number of aliphatic hydroxyl groups is 1. The van der Waals surface area contributed by atoms with Gasteiger partial charge in [-0.1, -0.05) is 50.1 Å². The van der Waals surface area contributed by atoms with E-state index in [2.05, 4.69) is 41.8 Å². The van der Waals surface area contributed by atoms with Gasteiger partial charge in [0.25, 0.3) is 0 Å². The standard InChI is InChI=1S/C18H30N2O3/c1-2-3-7-17(14-16-8-5-4-6-9-16)15-19-10-11-20-18(22)23-13-12-21/h4-6,8-9,17,19,21H,2-3,7,10-15H2,1H3,(H,20,22). The summed E-state index contributed by atoms with van der Waals surface area (Å²) >= 11 is 0. The molecule has 1 rings (SSSR count). The number of carbonyl (C=O) groups excluding carboxylic acids is 1. The minimum absolute atomic E-state index is 0.0371. The van der Waals surface area contributed by atoms with Gasteiger partial charge in [-0.25, -0.2) is 4.79 Å². The average molecular weight is 322 g/mol. The molecule has 0 spiro atoms. The van der Waals surface area contributed by atoms with Gasteiger partial charge < -0.3 is 20.5 Å². The predicted octanol–water partition coefficient (Wildman–Crippen LogP) is 2.34. The number of carbonyl (C=O) groups is 1. The van der Waals surface area contributed by atoms with Crippen molar-refractivity contribution in [1.29, 1.82) is 0 Å². The van der Waals surface area contributed by atoms with E-state index in [0.29, 0.717) is 19.0 Å². The lowest BCUT2D eigenvalue weighted by Crippen LogP contribution is -2.34. The number of alkyl carbamates (subject to hydrolysis) is 1. The molecule has 3 N–H and O–H groups in total. The van der Waals surface area contributed by atoms with Gasteiger partial charge in [-0.15, -0.1) is 0 Å². The molecule has 1 atom stereocenters. The minimum atomic E-state index is -0.479. The largest absolute Gasteiger partial charge is 0.447 e. The number of rotatable bonds is 12. The van der Waals surface area contributed by atoms with Crippen LogP contribution in [0.15, 0.2) is 30.3 Å². The highest BCUT2D eigenvalue weighted by atomic mass is 16.6. The van der Waals surface area contributed by atoms with Crippen LogP contribution in [0.5, 0.6) is 0 Å². The molecule has 5 nitrogen and oxygen atoms in total. The van der Waals surface area contributed by atoms with Crippen LogP contribution in [0.25, 0.3) is 0 Å².